The summed E-state index contributed by atoms with van der Waals surface area (Å²) in [4.78, 5) is 12.7. The first-order chi connectivity index (χ1) is 12.7. The Hall–Kier alpha value is -2.59. The molecule has 0 aromatic heterocycles. The fourth-order valence-corrected chi connectivity index (χ4v) is 3.69. The number of carbonyl (C=O) groups excluding carboxylic acids is 1. The molecule has 3 atom stereocenters. The fourth-order valence-electron chi connectivity index (χ4n) is 3.69. The number of ketones is 1. The molecule has 134 valence electrons. The molecule has 4 nitrogen and oxygen atoms in total. The van der Waals surface area contributed by atoms with Crippen molar-refractivity contribution < 1.29 is 19.0 Å². The van der Waals surface area contributed by atoms with E-state index in [2.05, 4.69) is 12.1 Å². The van der Waals surface area contributed by atoms with E-state index in [1.807, 2.05) is 42.5 Å². The van der Waals surface area contributed by atoms with Crippen LogP contribution in [0.5, 0.6) is 5.75 Å². The van der Waals surface area contributed by atoms with Gasteiger partial charge in [0, 0.05) is 13.5 Å². The first-order valence-electron chi connectivity index (χ1n) is 9.00. The lowest BCUT2D eigenvalue weighted by Crippen LogP contribution is -2.42. The van der Waals surface area contributed by atoms with Crippen LogP contribution in [0.1, 0.15) is 19.3 Å². The average molecular weight is 350 g/mol. The van der Waals surface area contributed by atoms with E-state index >= 15 is 0 Å². The van der Waals surface area contributed by atoms with E-state index in [4.69, 9.17) is 14.2 Å². The maximum Gasteiger partial charge on any atom is 0.207 e. The summed E-state index contributed by atoms with van der Waals surface area (Å²) in [6, 6.07) is 17.9. The van der Waals surface area contributed by atoms with Gasteiger partial charge in [0.05, 0.1) is 12.0 Å². The zero-order valence-corrected chi connectivity index (χ0v) is 14.8. The second-order valence-corrected chi connectivity index (χ2v) is 6.79. The van der Waals surface area contributed by atoms with E-state index in [1.54, 1.807) is 7.11 Å². The summed E-state index contributed by atoms with van der Waals surface area (Å²) in [6.45, 7) is 0. The van der Waals surface area contributed by atoms with Gasteiger partial charge in [-0.1, -0.05) is 42.5 Å². The molecule has 0 radical (unpaired) electrons. The van der Waals surface area contributed by atoms with Crippen LogP contribution < -0.4 is 4.74 Å². The molecule has 0 spiro atoms. The molecule has 1 saturated carbocycles. The topological polar surface area (TPSA) is 44.8 Å². The van der Waals surface area contributed by atoms with Crippen LogP contribution in [0.15, 0.2) is 66.6 Å². The van der Waals surface area contributed by atoms with Crippen molar-refractivity contribution in [3.05, 3.63) is 66.6 Å². The SMILES string of the molecule is COC1CCC2C(=O)C(Oc3ccc(-c4ccccc4)cc3)=COC2C1. The Morgan fingerprint density at radius 1 is 0.962 bits per heavy atom. The second kappa shape index (κ2) is 7.34. The Morgan fingerprint density at radius 3 is 2.42 bits per heavy atom. The predicted molar refractivity (Wildman–Crippen MR) is 98.6 cm³/mol. The maximum atomic E-state index is 12.7. The van der Waals surface area contributed by atoms with Gasteiger partial charge in [0.25, 0.3) is 0 Å². The summed E-state index contributed by atoms with van der Waals surface area (Å²) in [5, 5.41) is 0. The minimum Gasteiger partial charge on any atom is -0.493 e. The highest BCUT2D eigenvalue weighted by Crippen LogP contribution is 2.35. The van der Waals surface area contributed by atoms with Crippen molar-refractivity contribution in [2.45, 2.75) is 31.5 Å². The number of hydrogen-bond acceptors (Lipinski definition) is 4. The third-order valence-corrected chi connectivity index (χ3v) is 5.20. The highest BCUT2D eigenvalue weighted by Gasteiger charge is 2.41. The number of rotatable bonds is 4. The molecule has 0 N–H and O–H groups in total. The summed E-state index contributed by atoms with van der Waals surface area (Å²) in [6.07, 6.45) is 3.94. The molecule has 3 unspecified atom stereocenters. The van der Waals surface area contributed by atoms with Crippen molar-refractivity contribution in [1.29, 1.82) is 0 Å². The Kier molecular flexibility index (Phi) is 4.76. The minimum absolute atomic E-state index is 0.0305. The number of carbonyl (C=O) groups is 1. The molecule has 4 heteroatoms. The summed E-state index contributed by atoms with van der Waals surface area (Å²) < 4.78 is 17.0. The van der Waals surface area contributed by atoms with Gasteiger partial charge in [0.15, 0.2) is 0 Å². The quantitative estimate of drug-likeness (QED) is 0.822. The van der Waals surface area contributed by atoms with Gasteiger partial charge in [-0.3, -0.25) is 4.79 Å². The highest BCUT2D eigenvalue weighted by atomic mass is 16.5. The van der Waals surface area contributed by atoms with Crippen LogP contribution in [0.4, 0.5) is 0 Å². The van der Waals surface area contributed by atoms with Gasteiger partial charge in [0.1, 0.15) is 18.1 Å². The molecule has 2 aliphatic rings. The van der Waals surface area contributed by atoms with E-state index in [0.717, 1.165) is 30.4 Å². The molecule has 2 aromatic carbocycles. The van der Waals surface area contributed by atoms with Crippen LogP contribution >= 0.6 is 0 Å². The predicted octanol–water partition coefficient (Wildman–Crippen LogP) is 4.36. The van der Waals surface area contributed by atoms with Crippen LogP contribution in [0.3, 0.4) is 0 Å². The monoisotopic (exact) mass is 350 g/mol. The first kappa shape index (κ1) is 16.9. The molecule has 0 saturated heterocycles. The molecular formula is C22H22O4. The maximum absolute atomic E-state index is 12.7. The summed E-state index contributed by atoms with van der Waals surface area (Å²) >= 11 is 0. The van der Waals surface area contributed by atoms with Crippen LogP contribution in [-0.4, -0.2) is 25.1 Å². The van der Waals surface area contributed by atoms with Gasteiger partial charge in [0.2, 0.25) is 11.5 Å². The Balaban J connectivity index is 1.46. The highest BCUT2D eigenvalue weighted by molar-refractivity contribution is 5.96. The fraction of sp³-hybridized carbons (Fsp3) is 0.318. The number of Topliss-reactive ketones (excluding diaryl/α,β-unsaturated/α-hetero) is 1. The van der Waals surface area contributed by atoms with Crippen LogP contribution in [0.25, 0.3) is 11.1 Å². The number of allylic oxidation sites excluding steroid dienone is 1. The minimum atomic E-state index is -0.134. The number of hydrogen-bond donors (Lipinski definition) is 0. The van der Waals surface area contributed by atoms with E-state index in [9.17, 15) is 4.79 Å². The van der Waals surface area contributed by atoms with Crippen molar-refractivity contribution in [2.24, 2.45) is 5.92 Å². The van der Waals surface area contributed by atoms with E-state index < -0.39 is 0 Å². The summed E-state index contributed by atoms with van der Waals surface area (Å²) in [5.41, 5.74) is 2.25. The van der Waals surface area contributed by atoms with Gasteiger partial charge in [-0.2, -0.15) is 0 Å². The van der Waals surface area contributed by atoms with Gasteiger partial charge in [-0.25, -0.2) is 0 Å². The molecule has 0 bridgehead atoms. The molecule has 1 aliphatic carbocycles. The largest absolute Gasteiger partial charge is 0.493 e. The molecule has 1 heterocycles. The van der Waals surface area contributed by atoms with E-state index in [-0.39, 0.29) is 29.7 Å². The molecule has 1 fully saturated rings. The molecule has 4 rings (SSSR count). The molecule has 26 heavy (non-hydrogen) atoms. The van der Waals surface area contributed by atoms with Crippen molar-refractivity contribution in [3.63, 3.8) is 0 Å². The number of fused-ring (bicyclic) bond motifs is 1. The van der Waals surface area contributed by atoms with Crippen molar-refractivity contribution in [1.82, 2.24) is 0 Å². The standard InChI is InChI=1S/C22H22O4/c1-24-18-11-12-19-20(13-18)25-14-21(22(19)23)26-17-9-7-16(8-10-17)15-5-3-2-4-6-15/h2-10,14,18-20H,11-13H2,1H3. The van der Waals surface area contributed by atoms with Crippen LogP contribution in [0.2, 0.25) is 0 Å². The van der Waals surface area contributed by atoms with Crippen LogP contribution in [0, 0.1) is 5.92 Å². The molecule has 0 amide bonds. The summed E-state index contributed by atoms with van der Waals surface area (Å²) in [7, 11) is 1.71. The lowest BCUT2D eigenvalue weighted by molar-refractivity contribution is -0.133. The second-order valence-electron chi connectivity index (χ2n) is 6.79. The van der Waals surface area contributed by atoms with Crippen molar-refractivity contribution in [2.75, 3.05) is 7.11 Å². The third-order valence-electron chi connectivity index (χ3n) is 5.20. The Morgan fingerprint density at radius 2 is 1.69 bits per heavy atom. The lowest BCUT2D eigenvalue weighted by atomic mass is 9.80. The van der Waals surface area contributed by atoms with E-state index in [0.29, 0.717) is 5.75 Å². The smallest absolute Gasteiger partial charge is 0.207 e. The Bertz CT molecular complexity index is 795. The van der Waals surface area contributed by atoms with Gasteiger partial charge < -0.3 is 14.2 Å². The number of methoxy groups -OCH3 is 1. The van der Waals surface area contributed by atoms with Crippen molar-refractivity contribution in [3.8, 4) is 16.9 Å². The molecule has 1 aliphatic heterocycles. The molecular weight excluding hydrogens is 328 g/mol. The van der Waals surface area contributed by atoms with Gasteiger partial charge >= 0.3 is 0 Å². The van der Waals surface area contributed by atoms with Gasteiger partial charge in [-0.05, 0) is 36.1 Å². The molecule has 2 aromatic rings. The summed E-state index contributed by atoms with van der Waals surface area (Å²) in [5.74, 6) is 0.819. The van der Waals surface area contributed by atoms with E-state index in [1.165, 1.54) is 6.26 Å². The Labute approximate surface area is 153 Å². The normalized spacial score (nSPS) is 25.0. The lowest BCUT2D eigenvalue weighted by Gasteiger charge is -2.36. The van der Waals surface area contributed by atoms with Crippen molar-refractivity contribution >= 4 is 5.78 Å². The number of benzene rings is 2. The average Bonchev–Trinajstić information content (AvgIpc) is 2.71. The first-order valence-corrected chi connectivity index (χ1v) is 9.00. The van der Waals surface area contributed by atoms with Crippen LogP contribution in [-0.2, 0) is 14.3 Å². The zero-order valence-electron chi connectivity index (χ0n) is 14.8. The third kappa shape index (κ3) is 3.37. The number of ether oxygens (including phenoxy) is 3. The zero-order chi connectivity index (χ0) is 17.9. The van der Waals surface area contributed by atoms with Gasteiger partial charge in [-0.15, -0.1) is 0 Å².